The molecule has 220 valence electrons. The van der Waals surface area contributed by atoms with Gasteiger partial charge in [0, 0.05) is 6.42 Å². The molecule has 1 aromatic carbocycles. The molecule has 0 aliphatic rings. The van der Waals surface area contributed by atoms with E-state index in [2.05, 4.69) is 6.92 Å². The van der Waals surface area contributed by atoms with Gasteiger partial charge in [-0.15, -0.1) is 0 Å². The third-order valence-corrected chi connectivity index (χ3v) is 7.67. The van der Waals surface area contributed by atoms with Gasteiger partial charge in [0.25, 0.3) is 10.1 Å². The first-order valence-electron chi connectivity index (χ1n) is 14.8. The summed E-state index contributed by atoms with van der Waals surface area (Å²) in [5, 5.41) is 0. The van der Waals surface area contributed by atoms with Crippen molar-refractivity contribution in [2.75, 3.05) is 39.6 Å². The molecule has 38 heavy (non-hydrogen) atoms. The van der Waals surface area contributed by atoms with Gasteiger partial charge in [-0.2, -0.15) is 8.42 Å². The van der Waals surface area contributed by atoms with E-state index in [1.165, 1.54) is 95.6 Å². The third-order valence-electron chi connectivity index (χ3n) is 6.35. The maximum absolute atomic E-state index is 12.0. The lowest BCUT2D eigenvalue weighted by Gasteiger charge is -2.08. The number of hydrogen-bond acceptors (Lipinski definition) is 7. The quantitative estimate of drug-likeness (QED) is 0.0641. The SMILES string of the molecule is CCCCCCCCCCCCCCCCCC(=O)OCCOCCOCCOS(=O)(=O)c1ccccc1. The highest BCUT2D eigenvalue weighted by atomic mass is 32.2. The van der Waals surface area contributed by atoms with Gasteiger partial charge < -0.3 is 14.2 Å². The Labute approximate surface area is 232 Å². The van der Waals surface area contributed by atoms with E-state index in [-0.39, 0.29) is 30.7 Å². The van der Waals surface area contributed by atoms with Crippen molar-refractivity contribution < 1.29 is 31.6 Å². The van der Waals surface area contributed by atoms with Crippen LogP contribution in [0.15, 0.2) is 35.2 Å². The fourth-order valence-electron chi connectivity index (χ4n) is 4.11. The molecule has 0 unspecified atom stereocenters. The maximum atomic E-state index is 12.0. The molecule has 0 radical (unpaired) electrons. The van der Waals surface area contributed by atoms with Crippen LogP contribution in [0.25, 0.3) is 0 Å². The van der Waals surface area contributed by atoms with E-state index in [0.717, 1.165) is 12.8 Å². The van der Waals surface area contributed by atoms with Crippen molar-refractivity contribution in [2.45, 2.75) is 115 Å². The molecule has 0 amide bonds. The highest BCUT2D eigenvalue weighted by Gasteiger charge is 2.13. The molecule has 0 atom stereocenters. The van der Waals surface area contributed by atoms with E-state index >= 15 is 0 Å². The van der Waals surface area contributed by atoms with Crippen LogP contribution in [-0.2, 0) is 33.3 Å². The normalized spacial score (nSPS) is 11.6. The number of hydrogen-bond donors (Lipinski definition) is 0. The van der Waals surface area contributed by atoms with Gasteiger partial charge in [-0.3, -0.25) is 8.98 Å². The fourth-order valence-corrected chi connectivity index (χ4v) is 5.02. The summed E-state index contributed by atoms with van der Waals surface area (Å²) in [6, 6.07) is 7.99. The Hall–Kier alpha value is -1.48. The number of carbonyl (C=O) groups excluding carboxylic acids is 1. The van der Waals surface area contributed by atoms with E-state index in [1.807, 2.05) is 0 Å². The summed E-state index contributed by atoms with van der Waals surface area (Å²) in [5.74, 6) is -0.170. The number of unbranched alkanes of at least 4 members (excludes halogenated alkanes) is 14. The van der Waals surface area contributed by atoms with Gasteiger partial charge in [0.05, 0.1) is 37.9 Å². The summed E-state index contributed by atoms with van der Waals surface area (Å²) in [4.78, 5) is 11.9. The van der Waals surface area contributed by atoms with Crippen LogP contribution in [0.5, 0.6) is 0 Å². The number of benzene rings is 1. The highest BCUT2D eigenvalue weighted by molar-refractivity contribution is 7.86. The predicted octanol–water partition coefficient (Wildman–Crippen LogP) is 7.23. The zero-order valence-electron chi connectivity index (χ0n) is 23.7. The molecule has 0 saturated carbocycles. The molecule has 0 aliphatic heterocycles. The maximum Gasteiger partial charge on any atom is 0.305 e. The first-order chi connectivity index (χ1) is 18.6. The smallest absolute Gasteiger partial charge is 0.305 e. The van der Waals surface area contributed by atoms with Gasteiger partial charge in [-0.1, -0.05) is 115 Å². The molecule has 0 heterocycles. The van der Waals surface area contributed by atoms with E-state index in [4.69, 9.17) is 18.4 Å². The predicted molar refractivity (Wildman–Crippen MR) is 152 cm³/mol. The molecule has 0 aliphatic carbocycles. The summed E-state index contributed by atoms with van der Waals surface area (Å²) < 4.78 is 44.7. The van der Waals surface area contributed by atoms with Crippen LogP contribution in [0, 0.1) is 0 Å². The third kappa shape index (κ3) is 20.5. The van der Waals surface area contributed by atoms with Crippen molar-refractivity contribution in [1.29, 1.82) is 0 Å². The molecule has 1 aromatic rings. The van der Waals surface area contributed by atoms with Gasteiger partial charge in [0.15, 0.2) is 0 Å². The molecule has 1 rings (SSSR count). The fraction of sp³-hybridized carbons (Fsp3) is 0.767. The van der Waals surface area contributed by atoms with Crippen molar-refractivity contribution >= 4 is 16.1 Å². The van der Waals surface area contributed by atoms with Crippen LogP contribution < -0.4 is 0 Å². The first-order valence-corrected chi connectivity index (χ1v) is 16.2. The minimum absolute atomic E-state index is 0.0614. The summed E-state index contributed by atoms with van der Waals surface area (Å²) in [6.45, 7) is 3.53. The summed E-state index contributed by atoms with van der Waals surface area (Å²) >= 11 is 0. The second kappa shape index (κ2) is 24.6. The van der Waals surface area contributed by atoms with Crippen LogP contribution in [0.2, 0.25) is 0 Å². The van der Waals surface area contributed by atoms with Gasteiger partial charge in [-0.05, 0) is 18.6 Å². The lowest BCUT2D eigenvalue weighted by Crippen LogP contribution is -2.15. The Kier molecular flexibility index (Phi) is 22.3. The number of carbonyl (C=O) groups is 1. The van der Waals surface area contributed by atoms with Gasteiger partial charge in [0.2, 0.25) is 0 Å². The molecular formula is C30H52O7S. The lowest BCUT2D eigenvalue weighted by molar-refractivity contribution is -0.145. The Morgan fingerprint density at radius 2 is 1.05 bits per heavy atom. The number of rotatable bonds is 27. The second-order valence-electron chi connectivity index (χ2n) is 9.73. The van der Waals surface area contributed by atoms with Crippen LogP contribution in [-0.4, -0.2) is 54.0 Å². The van der Waals surface area contributed by atoms with Crippen LogP contribution in [0.4, 0.5) is 0 Å². The standard InChI is InChI=1S/C30H52O7S/c1-2-3-4-5-6-7-8-9-10-11-12-13-14-15-19-22-30(31)36-27-25-34-23-24-35-26-28-37-38(32,33)29-20-17-16-18-21-29/h16-18,20-21H,2-15,19,22-28H2,1H3. The lowest BCUT2D eigenvalue weighted by atomic mass is 10.0. The molecule has 8 heteroatoms. The summed E-state index contributed by atoms with van der Waals surface area (Å²) in [5.41, 5.74) is 0. The highest BCUT2D eigenvalue weighted by Crippen LogP contribution is 2.14. The van der Waals surface area contributed by atoms with E-state index in [0.29, 0.717) is 26.2 Å². The van der Waals surface area contributed by atoms with E-state index in [1.54, 1.807) is 18.2 Å². The van der Waals surface area contributed by atoms with Crippen LogP contribution in [0.1, 0.15) is 110 Å². The van der Waals surface area contributed by atoms with Crippen molar-refractivity contribution in [2.24, 2.45) is 0 Å². The monoisotopic (exact) mass is 556 g/mol. The van der Waals surface area contributed by atoms with Crippen LogP contribution in [0.3, 0.4) is 0 Å². The molecule has 0 fully saturated rings. The number of ether oxygens (including phenoxy) is 3. The Balaban J connectivity index is 1.78. The minimum atomic E-state index is -3.75. The first kappa shape index (κ1) is 34.5. The van der Waals surface area contributed by atoms with Crippen molar-refractivity contribution in [3.63, 3.8) is 0 Å². The Morgan fingerprint density at radius 3 is 1.58 bits per heavy atom. The van der Waals surface area contributed by atoms with Crippen molar-refractivity contribution in [3.05, 3.63) is 30.3 Å². The van der Waals surface area contributed by atoms with Gasteiger partial charge in [-0.25, -0.2) is 0 Å². The molecule has 0 saturated heterocycles. The minimum Gasteiger partial charge on any atom is -0.463 e. The molecule has 0 N–H and O–H groups in total. The zero-order chi connectivity index (χ0) is 27.6. The second-order valence-corrected chi connectivity index (χ2v) is 11.3. The molecular weight excluding hydrogens is 504 g/mol. The molecule has 0 bridgehead atoms. The topological polar surface area (TPSA) is 88.1 Å². The van der Waals surface area contributed by atoms with Crippen molar-refractivity contribution in [1.82, 2.24) is 0 Å². The molecule has 7 nitrogen and oxygen atoms in total. The zero-order valence-corrected chi connectivity index (χ0v) is 24.5. The summed E-state index contributed by atoms with van der Waals surface area (Å²) in [6.07, 6.45) is 20.0. The molecule has 0 aromatic heterocycles. The largest absolute Gasteiger partial charge is 0.463 e. The van der Waals surface area contributed by atoms with Crippen LogP contribution >= 0.6 is 0 Å². The Bertz CT molecular complexity index is 768. The molecule has 0 spiro atoms. The Morgan fingerprint density at radius 1 is 0.605 bits per heavy atom. The van der Waals surface area contributed by atoms with Gasteiger partial charge >= 0.3 is 5.97 Å². The van der Waals surface area contributed by atoms with Gasteiger partial charge in [0.1, 0.15) is 6.61 Å². The van der Waals surface area contributed by atoms with E-state index in [9.17, 15) is 13.2 Å². The summed E-state index contributed by atoms with van der Waals surface area (Å²) in [7, 11) is -3.75. The number of esters is 1. The average Bonchev–Trinajstić information content (AvgIpc) is 2.92. The van der Waals surface area contributed by atoms with E-state index < -0.39 is 10.1 Å². The van der Waals surface area contributed by atoms with Crippen molar-refractivity contribution in [3.8, 4) is 0 Å². The average molecular weight is 557 g/mol.